The van der Waals surface area contributed by atoms with Crippen LogP contribution in [0.15, 0.2) is 0 Å². The summed E-state index contributed by atoms with van der Waals surface area (Å²) in [4.78, 5) is 2.64. The second-order valence-corrected chi connectivity index (χ2v) is 5.05. The van der Waals surface area contributed by atoms with Crippen molar-refractivity contribution < 1.29 is 4.74 Å². The lowest BCUT2D eigenvalue weighted by Gasteiger charge is -2.44. The van der Waals surface area contributed by atoms with E-state index < -0.39 is 0 Å². The summed E-state index contributed by atoms with van der Waals surface area (Å²) in [5, 5.41) is 0. The molecule has 0 aromatic heterocycles. The smallest absolute Gasteiger partial charge is 0.0484 e. The monoisotopic (exact) mass is 212 g/mol. The second kappa shape index (κ2) is 4.81. The highest BCUT2D eigenvalue weighted by atomic mass is 16.5. The van der Waals surface area contributed by atoms with Gasteiger partial charge in [-0.3, -0.25) is 4.90 Å². The fourth-order valence-electron chi connectivity index (χ4n) is 3.00. The largest absolute Gasteiger partial charge is 0.381 e. The van der Waals surface area contributed by atoms with Crippen LogP contribution in [0.4, 0.5) is 0 Å². The molecule has 3 heteroatoms. The van der Waals surface area contributed by atoms with Crippen LogP contribution >= 0.6 is 0 Å². The Morgan fingerprint density at radius 1 is 1.40 bits per heavy atom. The standard InChI is InChI=1S/C12H24N2O/c1-2-11-3-6-14(9-11)12(10-13)4-7-15-8-5-12/h11H,2-10,13H2,1H3. The third-order valence-corrected chi connectivity index (χ3v) is 4.34. The van der Waals surface area contributed by atoms with E-state index >= 15 is 0 Å². The van der Waals surface area contributed by atoms with Gasteiger partial charge in [0.1, 0.15) is 0 Å². The summed E-state index contributed by atoms with van der Waals surface area (Å²) in [6, 6.07) is 0. The third-order valence-electron chi connectivity index (χ3n) is 4.34. The molecule has 2 heterocycles. The molecule has 1 unspecified atom stereocenters. The predicted molar refractivity (Wildman–Crippen MR) is 61.8 cm³/mol. The van der Waals surface area contributed by atoms with Gasteiger partial charge in [0, 0.05) is 31.8 Å². The van der Waals surface area contributed by atoms with Gasteiger partial charge in [-0.2, -0.15) is 0 Å². The Kier molecular flexibility index (Phi) is 3.65. The predicted octanol–water partition coefficient (Wildman–Crippen LogP) is 1.23. The van der Waals surface area contributed by atoms with Crippen LogP contribution in [0.5, 0.6) is 0 Å². The van der Waals surface area contributed by atoms with E-state index in [1.165, 1.54) is 25.9 Å². The van der Waals surface area contributed by atoms with Crippen molar-refractivity contribution in [2.75, 3.05) is 32.8 Å². The van der Waals surface area contributed by atoms with Crippen LogP contribution in [-0.2, 0) is 4.74 Å². The van der Waals surface area contributed by atoms with Crippen LogP contribution in [0.3, 0.4) is 0 Å². The van der Waals surface area contributed by atoms with E-state index in [1.807, 2.05) is 0 Å². The Morgan fingerprint density at radius 2 is 2.13 bits per heavy atom. The Labute approximate surface area is 93.0 Å². The van der Waals surface area contributed by atoms with Crippen LogP contribution in [-0.4, -0.2) is 43.3 Å². The van der Waals surface area contributed by atoms with Gasteiger partial charge < -0.3 is 10.5 Å². The van der Waals surface area contributed by atoms with Gasteiger partial charge in [-0.15, -0.1) is 0 Å². The van der Waals surface area contributed by atoms with Crippen molar-refractivity contribution in [3.8, 4) is 0 Å². The molecule has 0 aliphatic carbocycles. The lowest BCUT2D eigenvalue weighted by Crippen LogP contribution is -2.56. The molecule has 0 aromatic rings. The molecule has 0 saturated carbocycles. The van der Waals surface area contributed by atoms with Crippen molar-refractivity contribution in [1.82, 2.24) is 4.90 Å². The molecule has 0 aromatic carbocycles. The molecule has 2 fully saturated rings. The first-order chi connectivity index (χ1) is 7.30. The molecular formula is C12H24N2O. The van der Waals surface area contributed by atoms with Crippen LogP contribution < -0.4 is 5.73 Å². The fraction of sp³-hybridized carbons (Fsp3) is 1.00. The van der Waals surface area contributed by atoms with E-state index in [9.17, 15) is 0 Å². The minimum Gasteiger partial charge on any atom is -0.381 e. The SMILES string of the molecule is CCC1CCN(C2(CN)CCOCC2)C1. The number of rotatable bonds is 3. The molecule has 15 heavy (non-hydrogen) atoms. The number of hydrogen-bond donors (Lipinski definition) is 1. The van der Waals surface area contributed by atoms with E-state index in [0.717, 1.165) is 38.5 Å². The van der Waals surface area contributed by atoms with Crippen molar-refractivity contribution in [3.63, 3.8) is 0 Å². The Morgan fingerprint density at radius 3 is 2.67 bits per heavy atom. The number of hydrogen-bond acceptors (Lipinski definition) is 3. The first kappa shape index (κ1) is 11.4. The molecule has 3 nitrogen and oxygen atoms in total. The first-order valence-corrected chi connectivity index (χ1v) is 6.33. The normalized spacial score (nSPS) is 32.0. The Hall–Kier alpha value is -0.120. The van der Waals surface area contributed by atoms with Crippen LogP contribution in [0, 0.1) is 5.92 Å². The molecule has 88 valence electrons. The van der Waals surface area contributed by atoms with Gasteiger partial charge in [0.25, 0.3) is 0 Å². The summed E-state index contributed by atoms with van der Waals surface area (Å²) in [5.74, 6) is 0.899. The summed E-state index contributed by atoms with van der Waals surface area (Å²) in [7, 11) is 0. The number of nitrogens with zero attached hydrogens (tertiary/aromatic N) is 1. The second-order valence-electron chi connectivity index (χ2n) is 5.05. The van der Waals surface area contributed by atoms with Gasteiger partial charge in [0.15, 0.2) is 0 Å². The van der Waals surface area contributed by atoms with E-state index in [2.05, 4.69) is 11.8 Å². The van der Waals surface area contributed by atoms with Crippen molar-refractivity contribution in [3.05, 3.63) is 0 Å². The molecule has 2 aliphatic rings. The molecule has 0 spiro atoms. The number of ether oxygens (including phenoxy) is 1. The van der Waals surface area contributed by atoms with Gasteiger partial charge in [-0.25, -0.2) is 0 Å². The first-order valence-electron chi connectivity index (χ1n) is 6.33. The molecule has 2 saturated heterocycles. The maximum Gasteiger partial charge on any atom is 0.0484 e. The van der Waals surface area contributed by atoms with Gasteiger partial charge in [0.05, 0.1) is 0 Å². The van der Waals surface area contributed by atoms with Crippen molar-refractivity contribution in [2.45, 2.75) is 38.1 Å². The molecule has 1 atom stereocenters. The summed E-state index contributed by atoms with van der Waals surface area (Å²) in [5.41, 5.74) is 6.27. The van der Waals surface area contributed by atoms with Crippen molar-refractivity contribution in [2.24, 2.45) is 11.7 Å². The lowest BCUT2D eigenvalue weighted by atomic mass is 9.88. The molecule has 0 radical (unpaired) electrons. The lowest BCUT2D eigenvalue weighted by molar-refractivity contribution is -0.0156. The topological polar surface area (TPSA) is 38.5 Å². The van der Waals surface area contributed by atoms with E-state index in [0.29, 0.717) is 0 Å². The molecular weight excluding hydrogens is 188 g/mol. The van der Waals surface area contributed by atoms with Gasteiger partial charge in [0.2, 0.25) is 0 Å². The summed E-state index contributed by atoms with van der Waals surface area (Å²) in [6.45, 7) is 7.39. The molecule has 2 rings (SSSR count). The highest BCUT2D eigenvalue weighted by Crippen LogP contribution is 2.32. The average molecular weight is 212 g/mol. The van der Waals surface area contributed by atoms with Crippen LogP contribution in [0.1, 0.15) is 32.6 Å². The maximum atomic E-state index is 6.01. The zero-order chi connectivity index (χ0) is 10.7. The Bertz CT molecular complexity index is 202. The van der Waals surface area contributed by atoms with E-state index in [-0.39, 0.29) is 5.54 Å². The Balaban J connectivity index is 1.99. The molecule has 2 aliphatic heterocycles. The molecule has 0 amide bonds. The van der Waals surface area contributed by atoms with Crippen molar-refractivity contribution in [1.29, 1.82) is 0 Å². The van der Waals surface area contributed by atoms with Crippen LogP contribution in [0.2, 0.25) is 0 Å². The number of nitrogens with two attached hydrogens (primary N) is 1. The van der Waals surface area contributed by atoms with Crippen LogP contribution in [0.25, 0.3) is 0 Å². The molecule has 2 N–H and O–H groups in total. The highest BCUT2D eigenvalue weighted by molar-refractivity contribution is 4.96. The van der Waals surface area contributed by atoms with E-state index in [4.69, 9.17) is 10.5 Å². The number of likely N-dealkylation sites (tertiary alicyclic amines) is 1. The van der Waals surface area contributed by atoms with E-state index in [1.54, 1.807) is 0 Å². The van der Waals surface area contributed by atoms with Crippen molar-refractivity contribution >= 4 is 0 Å². The van der Waals surface area contributed by atoms with Gasteiger partial charge >= 0.3 is 0 Å². The summed E-state index contributed by atoms with van der Waals surface area (Å²) < 4.78 is 5.46. The maximum absolute atomic E-state index is 6.01. The van der Waals surface area contributed by atoms with Gasteiger partial charge in [-0.1, -0.05) is 13.3 Å². The minimum atomic E-state index is 0.266. The summed E-state index contributed by atoms with van der Waals surface area (Å²) >= 11 is 0. The quantitative estimate of drug-likeness (QED) is 0.764. The minimum absolute atomic E-state index is 0.266. The fourth-order valence-corrected chi connectivity index (χ4v) is 3.00. The third kappa shape index (κ3) is 2.19. The zero-order valence-electron chi connectivity index (χ0n) is 9.87. The van der Waals surface area contributed by atoms with Gasteiger partial charge in [-0.05, 0) is 31.7 Å². The molecule has 0 bridgehead atoms. The average Bonchev–Trinajstić information content (AvgIpc) is 2.79. The highest BCUT2D eigenvalue weighted by Gasteiger charge is 2.40. The zero-order valence-corrected chi connectivity index (χ0v) is 9.87. The summed E-state index contributed by atoms with van der Waals surface area (Å²) in [6.07, 6.45) is 4.92.